The van der Waals surface area contributed by atoms with E-state index in [0.717, 1.165) is 11.1 Å². The second-order valence-electron chi connectivity index (χ2n) is 6.06. The predicted molar refractivity (Wildman–Crippen MR) is 94.1 cm³/mol. The lowest BCUT2D eigenvalue weighted by Gasteiger charge is -2.27. The third kappa shape index (κ3) is 3.27. The van der Waals surface area contributed by atoms with Crippen LogP contribution in [0.5, 0.6) is 0 Å². The van der Waals surface area contributed by atoms with E-state index in [9.17, 15) is 9.90 Å². The highest BCUT2D eigenvalue weighted by Crippen LogP contribution is 2.35. The molecule has 122 valence electrons. The van der Waals surface area contributed by atoms with E-state index in [-0.39, 0.29) is 17.9 Å². The molecule has 1 saturated heterocycles. The summed E-state index contributed by atoms with van der Waals surface area (Å²) in [4.78, 5) is 13.7. The fourth-order valence-corrected chi connectivity index (χ4v) is 3.20. The van der Waals surface area contributed by atoms with Crippen molar-refractivity contribution in [2.24, 2.45) is 0 Å². The van der Waals surface area contributed by atoms with E-state index in [1.807, 2.05) is 42.5 Å². The molecule has 1 amide bonds. The zero-order valence-electron chi connectivity index (χ0n) is 13.5. The summed E-state index contributed by atoms with van der Waals surface area (Å²) in [6.07, 6.45) is -0.532. The van der Waals surface area contributed by atoms with Gasteiger partial charge < -0.3 is 15.7 Å². The van der Waals surface area contributed by atoms with Gasteiger partial charge in [-0.15, -0.1) is 0 Å². The number of carbonyl (C=O) groups excluding carboxylic acids is 1. The molecule has 0 aromatic heterocycles. The van der Waals surface area contributed by atoms with Crippen molar-refractivity contribution in [3.8, 4) is 11.8 Å². The molecular weight excluding hydrogens is 300 g/mol. The van der Waals surface area contributed by atoms with Gasteiger partial charge in [0.05, 0.1) is 6.04 Å². The highest BCUT2D eigenvalue weighted by molar-refractivity contribution is 5.80. The number of nitrogens with two attached hydrogens (primary N) is 1. The molecule has 3 N–H and O–H groups in total. The van der Waals surface area contributed by atoms with E-state index in [2.05, 4.69) is 11.8 Å². The van der Waals surface area contributed by atoms with Crippen LogP contribution in [0.2, 0.25) is 0 Å². The minimum atomic E-state index is -0.923. The summed E-state index contributed by atoms with van der Waals surface area (Å²) < 4.78 is 0. The molecule has 3 rings (SSSR count). The van der Waals surface area contributed by atoms with Gasteiger partial charge in [0.1, 0.15) is 6.10 Å². The Morgan fingerprint density at radius 3 is 2.67 bits per heavy atom. The molecule has 0 radical (unpaired) electrons. The predicted octanol–water partition coefficient (Wildman–Crippen LogP) is 2.00. The molecule has 0 aliphatic carbocycles. The summed E-state index contributed by atoms with van der Waals surface area (Å²) in [7, 11) is 1.72. The van der Waals surface area contributed by atoms with E-state index < -0.39 is 6.10 Å². The van der Waals surface area contributed by atoms with Gasteiger partial charge in [-0.3, -0.25) is 4.79 Å². The minimum absolute atomic E-state index is 0.0265. The Morgan fingerprint density at radius 2 is 1.96 bits per heavy atom. The van der Waals surface area contributed by atoms with Crippen molar-refractivity contribution < 1.29 is 9.90 Å². The fraction of sp³-hybridized carbons (Fsp3) is 0.250. The standard InChI is InChI=1S/C20H20N2O2/c1-22-19(24)13-17(15-7-3-2-4-8-15)20(22)18(23)11-10-14-6-5-9-16(21)12-14/h2-9,12,17-18,20,23H,13,21H2,1H3/t17-,18+,20-/m1/s1. The lowest BCUT2D eigenvalue weighted by molar-refractivity contribution is -0.128. The van der Waals surface area contributed by atoms with Crippen LogP contribution in [0.4, 0.5) is 5.69 Å². The second kappa shape index (κ2) is 6.77. The first-order chi connectivity index (χ1) is 11.6. The van der Waals surface area contributed by atoms with Crippen molar-refractivity contribution in [1.29, 1.82) is 0 Å². The lowest BCUT2D eigenvalue weighted by atomic mass is 9.88. The number of likely N-dealkylation sites (tertiary alicyclic amines) is 1. The number of aliphatic hydroxyl groups is 1. The first-order valence-electron chi connectivity index (χ1n) is 7.92. The summed E-state index contributed by atoms with van der Waals surface area (Å²) in [5.74, 6) is 5.79. The first-order valence-corrected chi connectivity index (χ1v) is 7.92. The molecule has 4 nitrogen and oxygen atoms in total. The third-order valence-electron chi connectivity index (χ3n) is 4.45. The maximum absolute atomic E-state index is 12.1. The molecular formula is C20H20N2O2. The molecule has 4 heteroatoms. The zero-order valence-corrected chi connectivity index (χ0v) is 13.5. The van der Waals surface area contributed by atoms with Crippen molar-refractivity contribution in [3.05, 3.63) is 65.7 Å². The molecule has 2 aromatic carbocycles. The van der Waals surface area contributed by atoms with Crippen LogP contribution in [-0.2, 0) is 4.79 Å². The number of anilines is 1. The SMILES string of the molecule is CN1C(=O)C[C@H](c2ccccc2)[C@@H]1[C@@H](O)C#Cc1cccc(N)c1. The molecule has 1 heterocycles. The van der Waals surface area contributed by atoms with Crippen molar-refractivity contribution in [3.63, 3.8) is 0 Å². The van der Waals surface area contributed by atoms with E-state index in [4.69, 9.17) is 5.73 Å². The number of amides is 1. The molecule has 0 spiro atoms. The smallest absolute Gasteiger partial charge is 0.223 e. The van der Waals surface area contributed by atoms with E-state index >= 15 is 0 Å². The molecule has 1 aliphatic rings. The Balaban J connectivity index is 1.86. The molecule has 1 fully saturated rings. The number of hydrogen-bond donors (Lipinski definition) is 2. The van der Waals surface area contributed by atoms with Crippen LogP contribution in [0.15, 0.2) is 54.6 Å². The van der Waals surface area contributed by atoms with Gasteiger partial charge in [0, 0.05) is 30.6 Å². The topological polar surface area (TPSA) is 66.6 Å². The fourth-order valence-electron chi connectivity index (χ4n) is 3.20. The van der Waals surface area contributed by atoms with E-state index in [1.54, 1.807) is 24.1 Å². The van der Waals surface area contributed by atoms with Crippen molar-refractivity contribution in [2.75, 3.05) is 12.8 Å². The monoisotopic (exact) mass is 320 g/mol. The summed E-state index contributed by atoms with van der Waals surface area (Å²) in [6.45, 7) is 0. The lowest BCUT2D eigenvalue weighted by Crippen LogP contribution is -2.40. The summed E-state index contributed by atoms with van der Waals surface area (Å²) in [5, 5.41) is 10.6. The normalized spacial score (nSPS) is 21.2. The Hall–Kier alpha value is -2.77. The van der Waals surface area contributed by atoms with Gasteiger partial charge in [-0.2, -0.15) is 0 Å². The van der Waals surface area contributed by atoms with Gasteiger partial charge in [0.15, 0.2) is 0 Å². The van der Waals surface area contributed by atoms with Crippen LogP contribution in [0, 0.1) is 11.8 Å². The third-order valence-corrected chi connectivity index (χ3v) is 4.45. The van der Waals surface area contributed by atoms with Gasteiger partial charge >= 0.3 is 0 Å². The summed E-state index contributed by atoms with van der Waals surface area (Å²) >= 11 is 0. The number of carbonyl (C=O) groups is 1. The Labute approximate surface area is 141 Å². The van der Waals surface area contributed by atoms with Gasteiger partial charge in [0.25, 0.3) is 0 Å². The average molecular weight is 320 g/mol. The molecule has 1 aliphatic heterocycles. The van der Waals surface area contributed by atoms with Crippen LogP contribution >= 0.6 is 0 Å². The summed E-state index contributed by atoms with van der Waals surface area (Å²) in [5.41, 5.74) is 8.17. The Kier molecular flexibility index (Phi) is 4.54. The number of hydrogen-bond acceptors (Lipinski definition) is 3. The Morgan fingerprint density at radius 1 is 1.21 bits per heavy atom. The first kappa shape index (κ1) is 16.1. The van der Waals surface area contributed by atoms with E-state index in [0.29, 0.717) is 12.1 Å². The molecule has 2 aromatic rings. The number of nitrogen functional groups attached to an aromatic ring is 1. The maximum atomic E-state index is 12.1. The highest BCUT2D eigenvalue weighted by atomic mass is 16.3. The summed E-state index contributed by atoms with van der Waals surface area (Å²) in [6, 6.07) is 16.7. The molecule has 0 saturated carbocycles. The van der Waals surface area contributed by atoms with Crippen LogP contribution < -0.4 is 5.73 Å². The molecule has 24 heavy (non-hydrogen) atoms. The molecule has 0 bridgehead atoms. The number of nitrogens with zero attached hydrogens (tertiary/aromatic N) is 1. The second-order valence-corrected chi connectivity index (χ2v) is 6.06. The Bertz CT molecular complexity index is 792. The largest absolute Gasteiger partial charge is 0.399 e. The highest BCUT2D eigenvalue weighted by Gasteiger charge is 2.41. The maximum Gasteiger partial charge on any atom is 0.223 e. The van der Waals surface area contributed by atoms with Crippen LogP contribution in [0.25, 0.3) is 0 Å². The van der Waals surface area contributed by atoms with Gasteiger partial charge in [-0.05, 0) is 23.8 Å². The number of likely N-dealkylation sites (N-methyl/N-ethyl adjacent to an activating group) is 1. The van der Waals surface area contributed by atoms with Gasteiger partial charge in [-0.25, -0.2) is 0 Å². The zero-order chi connectivity index (χ0) is 17.1. The van der Waals surface area contributed by atoms with Crippen molar-refractivity contribution in [2.45, 2.75) is 24.5 Å². The van der Waals surface area contributed by atoms with Crippen molar-refractivity contribution in [1.82, 2.24) is 4.90 Å². The van der Waals surface area contributed by atoms with Crippen LogP contribution in [0.1, 0.15) is 23.5 Å². The average Bonchev–Trinajstić information content (AvgIpc) is 2.89. The van der Waals surface area contributed by atoms with Crippen LogP contribution in [0.3, 0.4) is 0 Å². The molecule has 3 atom stereocenters. The molecule has 0 unspecified atom stereocenters. The van der Waals surface area contributed by atoms with Crippen molar-refractivity contribution >= 4 is 11.6 Å². The number of aliphatic hydroxyl groups excluding tert-OH is 1. The quantitative estimate of drug-likeness (QED) is 0.657. The van der Waals surface area contributed by atoms with E-state index in [1.165, 1.54) is 0 Å². The number of rotatable bonds is 2. The number of benzene rings is 2. The van der Waals surface area contributed by atoms with Crippen LogP contribution in [-0.4, -0.2) is 35.1 Å². The minimum Gasteiger partial charge on any atom is -0.399 e. The van der Waals surface area contributed by atoms with Gasteiger partial charge in [0.2, 0.25) is 5.91 Å². The van der Waals surface area contributed by atoms with Gasteiger partial charge in [-0.1, -0.05) is 48.2 Å².